The Bertz CT molecular complexity index is 1250. The molecule has 0 atom stereocenters. The molecule has 2 aromatic heterocycles. The molecule has 202 valence electrons. The summed E-state index contributed by atoms with van der Waals surface area (Å²) in [6, 6.07) is 7.95. The minimum atomic E-state index is 0.0594. The molecule has 3 heterocycles. The van der Waals surface area contributed by atoms with Crippen molar-refractivity contribution in [3.63, 3.8) is 0 Å². The van der Waals surface area contributed by atoms with Crippen molar-refractivity contribution in [1.82, 2.24) is 29.7 Å². The van der Waals surface area contributed by atoms with Gasteiger partial charge in [0.2, 0.25) is 5.95 Å². The molecule has 1 amide bonds. The second-order valence-corrected chi connectivity index (χ2v) is 9.84. The normalized spacial score (nSPS) is 16.1. The second-order valence-electron chi connectivity index (χ2n) is 9.84. The third kappa shape index (κ3) is 6.13. The third-order valence-corrected chi connectivity index (χ3v) is 7.10. The SMILES string of the molecule is NC(N)=NCCCCNc1nc(Nc2ccc(C(=O)N3CCNCC3)cc2)c2ncn(C3CCCC3)c2n1. The second kappa shape index (κ2) is 12.1. The van der Waals surface area contributed by atoms with Crippen LogP contribution in [0.25, 0.3) is 11.2 Å². The summed E-state index contributed by atoms with van der Waals surface area (Å²) in [4.78, 5) is 33.0. The third-order valence-electron chi connectivity index (χ3n) is 7.10. The number of piperazine rings is 1. The summed E-state index contributed by atoms with van der Waals surface area (Å²) < 4.78 is 2.19. The van der Waals surface area contributed by atoms with Crippen molar-refractivity contribution in [2.24, 2.45) is 16.5 Å². The Morgan fingerprint density at radius 1 is 1.08 bits per heavy atom. The lowest BCUT2D eigenvalue weighted by Crippen LogP contribution is -2.46. The number of carbonyl (C=O) groups excluding carboxylic acids is 1. The number of hydrogen-bond acceptors (Lipinski definition) is 8. The first kappa shape index (κ1) is 25.7. The van der Waals surface area contributed by atoms with Gasteiger partial charge < -0.3 is 36.9 Å². The monoisotopic (exact) mass is 519 g/mol. The topological polar surface area (TPSA) is 164 Å². The van der Waals surface area contributed by atoms with E-state index < -0.39 is 0 Å². The molecule has 5 rings (SSSR count). The largest absolute Gasteiger partial charge is 0.370 e. The first-order chi connectivity index (χ1) is 18.6. The number of unbranched alkanes of at least 4 members (excludes halogenated alkanes) is 1. The highest BCUT2D eigenvalue weighted by Gasteiger charge is 2.22. The maximum Gasteiger partial charge on any atom is 0.253 e. The predicted molar refractivity (Wildman–Crippen MR) is 150 cm³/mol. The molecule has 1 aromatic carbocycles. The Kier molecular flexibility index (Phi) is 8.17. The summed E-state index contributed by atoms with van der Waals surface area (Å²) in [5, 5.41) is 10.0. The zero-order chi connectivity index (χ0) is 26.3. The highest BCUT2D eigenvalue weighted by atomic mass is 16.2. The minimum absolute atomic E-state index is 0.0594. The van der Waals surface area contributed by atoms with Crippen LogP contribution in [-0.2, 0) is 0 Å². The number of fused-ring (bicyclic) bond motifs is 1. The maximum absolute atomic E-state index is 12.8. The Hall–Kier alpha value is -3.93. The van der Waals surface area contributed by atoms with Gasteiger partial charge in [0.25, 0.3) is 5.91 Å². The number of nitrogens with zero attached hydrogens (tertiary/aromatic N) is 6. The van der Waals surface area contributed by atoms with Crippen LogP contribution < -0.4 is 27.4 Å². The molecule has 12 heteroatoms. The van der Waals surface area contributed by atoms with E-state index in [9.17, 15) is 4.79 Å². The zero-order valence-electron chi connectivity index (χ0n) is 21.7. The molecule has 2 fully saturated rings. The summed E-state index contributed by atoms with van der Waals surface area (Å²) in [6.45, 7) is 4.41. The maximum atomic E-state index is 12.8. The van der Waals surface area contributed by atoms with Crippen LogP contribution >= 0.6 is 0 Å². The van der Waals surface area contributed by atoms with Crippen LogP contribution in [0.2, 0.25) is 0 Å². The van der Waals surface area contributed by atoms with E-state index in [1.165, 1.54) is 12.8 Å². The van der Waals surface area contributed by atoms with Gasteiger partial charge in [-0.05, 0) is 49.9 Å². The number of nitrogens with one attached hydrogen (secondary N) is 3. The molecule has 38 heavy (non-hydrogen) atoms. The van der Waals surface area contributed by atoms with E-state index in [4.69, 9.17) is 21.4 Å². The van der Waals surface area contributed by atoms with Crippen molar-refractivity contribution < 1.29 is 4.79 Å². The number of aliphatic imine (C=N–C) groups is 1. The number of anilines is 3. The van der Waals surface area contributed by atoms with Gasteiger partial charge in [-0.1, -0.05) is 12.8 Å². The number of imidazole rings is 1. The van der Waals surface area contributed by atoms with E-state index in [1.54, 1.807) is 0 Å². The standard InChI is InChI=1S/C26H37N11O/c27-25(28)30-11-3-4-12-31-26-34-22(21-23(35-26)37(17-32-21)20-5-1-2-6-20)33-19-9-7-18(8-10-19)24(38)36-15-13-29-14-16-36/h7-10,17,20,29H,1-6,11-16H2,(H4,27,28,30)(H2,31,33,34,35). The number of nitrogens with two attached hydrogens (primary N) is 2. The molecule has 12 nitrogen and oxygen atoms in total. The zero-order valence-corrected chi connectivity index (χ0v) is 21.7. The highest BCUT2D eigenvalue weighted by Crippen LogP contribution is 2.33. The summed E-state index contributed by atoms with van der Waals surface area (Å²) in [5.41, 5.74) is 13.9. The van der Waals surface area contributed by atoms with Crippen molar-refractivity contribution in [1.29, 1.82) is 0 Å². The van der Waals surface area contributed by atoms with E-state index in [0.717, 1.165) is 68.7 Å². The van der Waals surface area contributed by atoms with Crippen molar-refractivity contribution in [2.75, 3.05) is 49.9 Å². The first-order valence-corrected chi connectivity index (χ1v) is 13.5. The summed E-state index contributed by atoms with van der Waals surface area (Å²) in [5.74, 6) is 1.36. The predicted octanol–water partition coefficient (Wildman–Crippen LogP) is 2.20. The van der Waals surface area contributed by atoms with Gasteiger partial charge in [-0.25, -0.2) is 4.98 Å². The van der Waals surface area contributed by atoms with Gasteiger partial charge >= 0.3 is 0 Å². The molecule has 2 aliphatic rings. The Labute approximate surface area is 222 Å². The fourth-order valence-electron chi connectivity index (χ4n) is 5.06. The Morgan fingerprint density at radius 2 is 1.84 bits per heavy atom. The van der Waals surface area contributed by atoms with Crippen molar-refractivity contribution in [3.8, 4) is 0 Å². The molecule has 1 saturated heterocycles. The van der Waals surface area contributed by atoms with Gasteiger partial charge in [-0.15, -0.1) is 0 Å². The van der Waals surface area contributed by atoms with E-state index in [0.29, 0.717) is 36.5 Å². The van der Waals surface area contributed by atoms with Crippen LogP contribution in [0, 0.1) is 0 Å². The number of amides is 1. The van der Waals surface area contributed by atoms with Gasteiger partial charge in [0, 0.05) is 56.6 Å². The van der Waals surface area contributed by atoms with Gasteiger partial charge in [-0.3, -0.25) is 9.79 Å². The Balaban J connectivity index is 1.33. The van der Waals surface area contributed by atoms with Crippen LogP contribution in [0.4, 0.5) is 17.5 Å². The first-order valence-electron chi connectivity index (χ1n) is 13.5. The summed E-state index contributed by atoms with van der Waals surface area (Å²) >= 11 is 0. The number of guanidine groups is 1. The van der Waals surface area contributed by atoms with Gasteiger partial charge in [0.05, 0.1) is 6.33 Å². The minimum Gasteiger partial charge on any atom is -0.370 e. The summed E-state index contributed by atoms with van der Waals surface area (Å²) in [6.07, 6.45) is 8.33. The lowest BCUT2D eigenvalue weighted by Gasteiger charge is -2.27. The molecule has 1 aliphatic heterocycles. The van der Waals surface area contributed by atoms with Crippen molar-refractivity contribution >= 4 is 40.5 Å². The van der Waals surface area contributed by atoms with Gasteiger partial charge in [-0.2, -0.15) is 9.97 Å². The van der Waals surface area contributed by atoms with Crippen LogP contribution in [0.3, 0.4) is 0 Å². The quantitative estimate of drug-likeness (QED) is 0.153. The number of hydrogen-bond donors (Lipinski definition) is 5. The van der Waals surface area contributed by atoms with Crippen LogP contribution in [0.1, 0.15) is 54.9 Å². The van der Waals surface area contributed by atoms with E-state index >= 15 is 0 Å². The van der Waals surface area contributed by atoms with Gasteiger partial charge in [0.1, 0.15) is 0 Å². The number of benzene rings is 1. The fraction of sp³-hybridized carbons (Fsp3) is 0.500. The molecule has 0 spiro atoms. The number of aromatic nitrogens is 4. The molecular weight excluding hydrogens is 482 g/mol. The van der Waals surface area contributed by atoms with E-state index in [2.05, 4.69) is 30.5 Å². The lowest BCUT2D eigenvalue weighted by atomic mass is 10.1. The number of rotatable bonds is 10. The molecule has 3 aromatic rings. The van der Waals surface area contributed by atoms with E-state index in [-0.39, 0.29) is 11.9 Å². The smallest absolute Gasteiger partial charge is 0.253 e. The average molecular weight is 520 g/mol. The molecule has 0 bridgehead atoms. The molecule has 0 unspecified atom stereocenters. The molecule has 1 aliphatic carbocycles. The molecule has 1 saturated carbocycles. The lowest BCUT2D eigenvalue weighted by molar-refractivity contribution is 0.0736. The highest BCUT2D eigenvalue weighted by molar-refractivity contribution is 5.95. The number of carbonyl (C=O) groups is 1. The molecule has 7 N–H and O–H groups in total. The molecular formula is C26H37N11O. The van der Waals surface area contributed by atoms with Gasteiger partial charge in [0.15, 0.2) is 22.9 Å². The molecule has 0 radical (unpaired) electrons. The average Bonchev–Trinajstić information content (AvgIpc) is 3.61. The van der Waals surface area contributed by atoms with Crippen molar-refractivity contribution in [3.05, 3.63) is 36.2 Å². The van der Waals surface area contributed by atoms with Crippen LogP contribution in [0.5, 0.6) is 0 Å². The van der Waals surface area contributed by atoms with E-state index in [1.807, 2.05) is 35.5 Å². The van der Waals surface area contributed by atoms with Crippen LogP contribution in [-0.4, -0.2) is 75.6 Å². The van der Waals surface area contributed by atoms with Crippen molar-refractivity contribution in [2.45, 2.75) is 44.6 Å². The fourth-order valence-corrected chi connectivity index (χ4v) is 5.06. The summed E-state index contributed by atoms with van der Waals surface area (Å²) in [7, 11) is 0. The Morgan fingerprint density at radius 3 is 2.58 bits per heavy atom. The van der Waals surface area contributed by atoms with Crippen LogP contribution in [0.15, 0.2) is 35.6 Å².